The minimum Gasteiger partial charge on any atom is -0.352 e. The van der Waals surface area contributed by atoms with E-state index in [1.165, 1.54) is 24.3 Å². The Morgan fingerprint density at radius 2 is 2.00 bits per heavy atom. The molecule has 8 nitrogen and oxygen atoms in total. The Kier molecular flexibility index (Phi) is 4.27. The summed E-state index contributed by atoms with van der Waals surface area (Å²) in [5.41, 5.74) is 0.314. The van der Waals surface area contributed by atoms with Gasteiger partial charge < -0.3 is 10.6 Å². The first-order chi connectivity index (χ1) is 11.4. The highest BCUT2D eigenvalue weighted by atomic mass is 32.2. The minimum absolute atomic E-state index is 0.0693. The van der Waals surface area contributed by atoms with Crippen molar-refractivity contribution in [3.63, 3.8) is 0 Å². The molecule has 1 saturated heterocycles. The Balaban J connectivity index is 1.69. The van der Waals surface area contributed by atoms with Gasteiger partial charge in [0, 0.05) is 18.0 Å². The van der Waals surface area contributed by atoms with Gasteiger partial charge in [-0.1, -0.05) is 6.07 Å². The van der Waals surface area contributed by atoms with E-state index in [2.05, 4.69) is 10.6 Å². The summed E-state index contributed by atoms with van der Waals surface area (Å²) < 4.78 is 24.6. The molecule has 1 aliphatic heterocycles. The van der Waals surface area contributed by atoms with Gasteiger partial charge in [-0.05, 0) is 31.0 Å². The maximum absolute atomic E-state index is 12.1. The van der Waals surface area contributed by atoms with Crippen molar-refractivity contribution >= 4 is 33.4 Å². The molecular formula is C15H17N3O5S. The number of carbonyl (C=O) groups excluding carboxylic acids is 3. The van der Waals surface area contributed by atoms with Crippen LogP contribution in [0, 0.1) is 0 Å². The number of benzene rings is 1. The topological polar surface area (TPSA) is 113 Å². The molecule has 1 saturated carbocycles. The molecule has 0 spiro atoms. The summed E-state index contributed by atoms with van der Waals surface area (Å²) in [5.74, 6) is -1.52. The Morgan fingerprint density at radius 1 is 1.25 bits per heavy atom. The molecule has 1 aromatic carbocycles. The number of hydrogen-bond donors (Lipinski definition) is 2. The first-order valence-electron chi connectivity index (χ1n) is 7.60. The van der Waals surface area contributed by atoms with Crippen molar-refractivity contribution < 1.29 is 22.8 Å². The molecule has 0 atom stereocenters. The molecule has 0 unspecified atom stereocenters. The van der Waals surface area contributed by atoms with E-state index in [1.54, 1.807) is 0 Å². The van der Waals surface area contributed by atoms with Gasteiger partial charge in [-0.2, -0.15) is 0 Å². The molecule has 2 N–H and O–H groups in total. The fraction of sp³-hybridized carbons (Fsp3) is 0.400. The molecule has 128 valence electrons. The van der Waals surface area contributed by atoms with E-state index in [-0.39, 0.29) is 41.9 Å². The number of anilines is 1. The predicted molar refractivity (Wildman–Crippen MR) is 85.8 cm³/mol. The quantitative estimate of drug-likeness (QED) is 0.760. The third kappa shape index (κ3) is 3.56. The van der Waals surface area contributed by atoms with E-state index in [4.69, 9.17) is 0 Å². The number of amides is 3. The molecular weight excluding hydrogens is 334 g/mol. The number of nitrogens with one attached hydrogen (secondary N) is 2. The summed E-state index contributed by atoms with van der Waals surface area (Å²) in [4.78, 5) is 35.5. The zero-order chi connectivity index (χ0) is 17.3. The summed E-state index contributed by atoms with van der Waals surface area (Å²) in [6.45, 7) is -0.152. The Labute approximate surface area is 139 Å². The van der Waals surface area contributed by atoms with Crippen LogP contribution in [0.3, 0.4) is 0 Å². The highest BCUT2D eigenvalue weighted by Gasteiger charge is 2.36. The van der Waals surface area contributed by atoms with Gasteiger partial charge in [0.2, 0.25) is 21.8 Å². The number of sulfonamides is 1. The summed E-state index contributed by atoms with van der Waals surface area (Å²) in [7, 11) is -3.68. The fourth-order valence-corrected chi connectivity index (χ4v) is 3.86. The van der Waals surface area contributed by atoms with Crippen molar-refractivity contribution in [1.29, 1.82) is 0 Å². The van der Waals surface area contributed by atoms with Crippen LogP contribution < -0.4 is 14.9 Å². The number of nitrogens with zero attached hydrogens (tertiary/aromatic N) is 1. The van der Waals surface area contributed by atoms with Crippen LogP contribution in [0.15, 0.2) is 24.3 Å². The largest absolute Gasteiger partial charge is 0.352 e. The Hall–Kier alpha value is -2.42. The lowest BCUT2D eigenvalue weighted by Crippen LogP contribution is -2.38. The Bertz CT molecular complexity index is 801. The van der Waals surface area contributed by atoms with Gasteiger partial charge >= 0.3 is 0 Å². The van der Waals surface area contributed by atoms with E-state index in [0.29, 0.717) is 0 Å². The molecule has 3 amide bonds. The molecule has 0 aromatic heterocycles. The van der Waals surface area contributed by atoms with Crippen molar-refractivity contribution in [1.82, 2.24) is 10.6 Å². The van der Waals surface area contributed by atoms with Crippen molar-refractivity contribution in [2.75, 3.05) is 16.6 Å². The molecule has 0 bridgehead atoms. The first kappa shape index (κ1) is 16.4. The average molecular weight is 351 g/mol. The number of rotatable bonds is 5. The second-order valence-electron chi connectivity index (χ2n) is 5.80. The van der Waals surface area contributed by atoms with Gasteiger partial charge in [0.05, 0.1) is 18.0 Å². The van der Waals surface area contributed by atoms with Crippen LogP contribution in [-0.2, 0) is 19.6 Å². The van der Waals surface area contributed by atoms with Crippen LogP contribution in [0.5, 0.6) is 0 Å². The van der Waals surface area contributed by atoms with Crippen molar-refractivity contribution in [2.24, 2.45) is 0 Å². The molecule has 9 heteroatoms. The average Bonchev–Trinajstić information content (AvgIpc) is 3.30. The van der Waals surface area contributed by atoms with E-state index < -0.39 is 21.8 Å². The van der Waals surface area contributed by atoms with Crippen molar-refractivity contribution in [2.45, 2.75) is 25.3 Å². The smallest absolute Gasteiger partial charge is 0.251 e. The monoisotopic (exact) mass is 351 g/mol. The lowest BCUT2D eigenvalue weighted by atomic mass is 10.2. The van der Waals surface area contributed by atoms with Crippen LogP contribution in [-0.4, -0.2) is 44.5 Å². The van der Waals surface area contributed by atoms with Crippen molar-refractivity contribution in [3.05, 3.63) is 29.8 Å². The van der Waals surface area contributed by atoms with E-state index in [0.717, 1.165) is 17.1 Å². The minimum atomic E-state index is -3.68. The van der Waals surface area contributed by atoms with Gasteiger partial charge in [-0.15, -0.1) is 0 Å². The Morgan fingerprint density at radius 3 is 2.62 bits per heavy atom. The first-order valence-corrected chi connectivity index (χ1v) is 9.21. The zero-order valence-electron chi connectivity index (χ0n) is 12.8. The zero-order valence-corrected chi connectivity index (χ0v) is 13.6. The highest BCUT2D eigenvalue weighted by Crippen LogP contribution is 2.25. The van der Waals surface area contributed by atoms with Crippen LogP contribution in [0.2, 0.25) is 0 Å². The number of hydrogen-bond acceptors (Lipinski definition) is 5. The van der Waals surface area contributed by atoms with Gasteiger partial charge in [-0.25, -0.2) is 12.7 Å². The maximum Gasteiger partial charge on any atom is 0.251 e. The van der Waals surface area contributed by atoms with Gasteiger partial charge in [0.1, 0.15) is 0 Å². The SMILES string of the molecule is O=C(CNC(=O)c1cccc(N2C(=O)CCS2(=O)=O)c1)NC1CC1. The molecule has 1 aromatic rings. The van der Waals surface area contributed by atoms with Crippen LogP contribution in [0.25, 0.3) is 0 Å². The van der Waals surface area contributed by atoms with E-state index >= 15 is 0 Å². The molecule has 2 aliphatic rings. The predicted octanol–water partition coefficient (Wildman–Crippen LogP) is -0.238. The van der Waals surface area contributed by atoms with Gasteiger partial charge in [0.15, 0.2) is 0 Å². The van der Waals surface area contributed by atoms with Crippen LogP contribution in [0.1, 0.15) is 29.6 Å². The molecule has 3 rings (SSSR count). The lowest BCUT2D eigenvalue weighted by Gasteiger charge is -2.15. The number of carbonyl (C=O) groups is 3. The molecule has 24 heavy (non-hydrogen) atoms. The molecule has 1 aliphatic carbocycles. The van der Waals surface area contributed by atoms with E-state index in [1.807, 2.05) is 0 Å². The summed E-state index contributed by atoms with van der Waals surface area (Å²) in [6, 6.07) is 5.98. The normalized spacial score (nSPS) is 19.2. The third-order valence-corrected chi connectivity index (χ3v) is 5.46. The van der Waals surface area contributed by atoms with Gasteiger partial charge in [0.25, 0.3) is 5.91 Å². The lowest BCUT2D eigenvalue weighted by molar-refractivity contribution is -0.120. The standard InChI is InChI=1S/C15H17N3O5S/c19-13(17-11-4-5-11)9-16-15(21)10-2-1-3-12(8-10)18-14(20)6-7-24(18,22)23/h1-3,8,11H,4-7,9H2,(H,16,21)(H,17,19). The second kappa shape index (κ2) is 6.23. The highest BCUT2D eigenvalue weighted by molar-refractivity contribution is 7.94. The van der Waals surface area contributed by atoms with Crippen molar-refractivity contribution in [3.8, 4) is 0 Å². The third-order valence-electron chi connectivity index (χ3n) is 3.77. The molecule has 0 radical (unpaired) electrons. The summed E-state index contributed by atoms with van der Waals surface area (Å²) in [5, 5.41) is 5.23. The van der Waals surface area contributed by atoms with Crippen LogP contribution >= 0.6 is 0 Å². The molecule has 1 heterocycles. The van der Waals surface area contributed by atoms with Crippen LogP contribution in [0.4, 0.5) is 5.69 Å². The maximum atomic E-state index is 12.1. The summed E-state index contributed by atoms with van der Waals surface area (Å²) in [6.07, 6.45) is 1.85. The van der Waals surface area contributed by atoms with E-state index in [9.17, 15) is 22.8 Å². The fourth-order valence-electron chi connectivity index (χ4n) is 2.41. The van der Waals surface area contributed by atoms with Gasteiger partial charge in [-0.3, -0.25) is 14.4 Å². The summed E-state index contributed by atoms with van der Waals surface area (Å²) >= 11 is 0. The second-order valence-corrected chi connectivity index (χ2v) is 7.74. The molecule has 2 fully saturated rings.